The Kier molecular flexibility index (Phi) is 7.24. The summed E-state index contributed by atoms with van der Waals surface area (Å²) in [6.45, 7) is 8.52. The molecule has 0 N–H and O–H groups in total. The van der Waals surface area contributed by atoms with Gasteiger partial charge in [-0.2, -0.15) is 0 Å². The average molecular weight is 526 g/mol. The number of rotatable bonds is 7. The van der Waals surface area contributed by atoms with E-state index in [1.165, 1.54) is 0 Å². The summed E-state index contributed by atoms with van der Waals surface area (Å²) in [7, 11) is 1.64. The van der Waals surface area contributed by atoms with Crippen LogP contribution in [0.25, 0.3) is 0 Å². The van der Waals surface area contributed by atoms with E-state index >= 15 is 0 Å². The van der Waals surface area contributed by atoms with Gasteiger partial charge in [-0.15, -0.1) is 4.31 Å². The molecule has 3 aliphatic rings. The van der Waals surface area contributed by atoms with Crippen molar-refractivity contribution in [1.29, 1.82) is 0 Å². The van der Waals surface area contributed by atoms with Crippen LogP contribution in [0.1, 0.15) is 40.4 Å². The monoisotopic (exact) mass is 525 g/mol. The van der Waals surface area contributed by atoms with Crippen molar-refractivity contribution in [2.75, 3.05) is 39.8 Å². The van der Waals surface area contributed by atoms with Crippen molar-refractivity contribution in [3.05, 3.63) is 64.7 Å². The SMILES string of the molecule is COC1CN(C(=O)c2cc(C)ccc2C)CC1Oc1cccc(C[S+]([O-])N2CCC23CN(C(C)=O)C3)c1. The number of ether oxygens (including phenoxy) is 2. The summed E-state index contributed by atoms with van der Waals surface area (Å²) >= 11 is -1.17. The number of benzene rings is 2. The highest BCUT2D eigenvalue weighted by atomic mass is 32.2. The number of likely N-dealkylation sites (tertiary alicyclic amines) is 2. The van der Waals surface area contributed by atoms with Gasteiger partial charge in [-0.3, -0.25) is 9.59 Å². The van der Waals surface area contributed by atoms with Crippen molar-refractivity contribution in [2.24, 2.45) is 0 Å². The molecule has 3 aliphatic heterocycles. The van der Waals surface area contributed by atoms with Gasteiger partial charge in [0.15, 0.2) is 5.75 Å². The van der Waals surface area contributed by atoms with E-state index in [9.17, 15) is 14.1 Å². The highest BCUT2D eigenvalue weighted by Gasteiger charge is 2.59. The van der Waals surface area contributed by atoms with Crippen molar-refractivity contribution in [2.45, 2.75) is 50.7 Å². The van der Waals surface area contributed by atoms with Gasteiger partial charge >= 0.3 is 0 Å². The Hall–Kier alpha value is -2.59. The van der Waals surface area contributed by atoms with Crippen LogP contribution in [-0.4, -0.2) is 88.1 Å². The van der Waals surface area contributed by atoms with Crippen LogP contribution >= 0.6 is 0 Å². The minimum atomic E-state index is -1.17. The summed E-state index contributed by atoms with van der Waals surface area (Å²) in [5, 5.41) is 0. The number of carbonyl (C=O) groups excluding carboxylic acids is 2. The largest absolute Gasteiger partial charge is 0.598 e. The van der Waals surface area contributed by atoms with Crippen LogP contribution in [0.3, 0.4) is 0 Å². The number of carbonyl (C=O) groups is 2. The number of nitrogens with zero attached hydrogens (tertiary/aromatic N) is 3. The molecule has 0 saturated carbocycles. The lowest BCUT2D eigenvalue weighted by atomic mass is 9.80. The Morgan fingerprint density at radius 2 is 1.84 bits per heavy atom. The molecule has 1 spiro atoms. The molecular weight excluding hydrogens is 490 g/mol. The fourth-order valence-electron chi connectivity index (χ4n) is 5.53. The molecule has 0 radical (unpaired) electrons. The zero-order valence-corrected chi connectivity index (χ0v) is 22.8. The third-order valence-electron chi connectivity index (χ3n) is 7.88. The maximum Gasteiger partial charge on any atom is 0.254 e. The van der Waals surface area contributed by atoms with E-state index in [2.05, 4.69) is 0 Å². The Morgan fingerprint density at radius 1 is 1.08 bits per heavy atom. The van der Waals surface area contributed by atoms with Gasteiger partial charge in [-0.25, -0.2) is 0 Å². The Balaban J connectivity index is 1.21. The molecule has 0 aliphatic carbocycles. The lowest BCUT2D eigenvalue weighted by molar-refractivity contribution is -0.147. The zero-order chi connectivity index (χ0) is 26.3. The summed E-state index contributed by atoms with van der Waals surface area (Å²) in [5.74, 6) is 1.13. The van der Waals surface area contributed by atoms with E-state index in [4.69, 9.17) is 9.47 Å². The molecule has 0 bridgehead atoms. The first-order valence-corrected chi connectivity index (χ1v) is 14.0. The van der Waals surface area contributed by atoms with Crippen molar-refractivity contribution < 1.29 is 23.6 Å². The van der Waals surface area contributed by atoms with Crippen molar-refractivity contribution in [3.63, 3.8) is 0 Å². The third-order valence-corrected chi connectivity index (χ3v) is 9.52. The highest BCUT2D eigenvalue weighted by molar-refractivity contribution is 7.88. The summed E-state index contributed by atoms with van der Waals surface area (Å²) in [5.41, 5.74) is 3.52. The van der Waals surface area contributed by atoms with Crippen LogP contribution in [0.5, 0.6) is 5.75 Å². The molecular formula is C28H35N3O5S. The molecule has 3 heterocycles. The zero-order valence-electron chi connectivity index (χ0n) is 21.9. The van der Waals surface area contributed by atoms with E-state index in [0.29, 0.717) is 43.2 Å². The first-order valence-electron chi connectivity index (χ1n) is 12.8. The van der Waals surface area contributed by atoms with Gasteiger partial charge in [-0.05, 0) is 44.0 Å². The number of hydrogen-bond donors (Lipinski definition) is 0. The average Bonchev–Trinajstić information content (AvgIpc) is 3.21. The molecule has 3 atom stereocenters. The van der Waals surface area contributed by atoms with Gasteiger partial charge in [0.2, 0.25) is 5.91 Å². The first kappa shape index (κ1) is 26.0. The van der Waals surface area contributed by atoms with Crippen LogP contribution < -0.4 is 4.74 Å². The second-order valence-corrected chi connectivity index (χ2v) is 11.9. The Morgan fingerprint density at radius 3 is 2.51 bits per heavy atom. The van der Waals surface area contributed by atoms with Gasteiger partial charge < -0.3 is 23.8 Å². The van der Waals surface area contributed by atoms with Crippen LogP contribution in [-0.2, 0) is 26.6 Å². The molecule has 8 nitrogen and oxygen atoms in total. The second-order valence-electron chi connectivity index (χ2n) is 10.5. The molecule has 198 valence electrons. The minimum Gasteiger partial charge on any atom is -0.598 e. The molecule has 5 rings (SSSR count). The van der Waals surface area contributed by atoms with Gasteiger partial charge in [0, 0.05) is 56.2 Å². The number of methoxy groups -OCH3 is 1. The fraction of sp³-hybridized carbons (Fsp3) is 0.500. The molecule has 2 aromatic rings. The fourth-order valence-corrected chi connectivity index (χ4v) is 7.08. The van der Waals surface area contributed by atoms with Gasteiger partial charge in [0.05, 0.1) is 13.1 Å². The van der Waals surface area contributed by atoms with Crippen LogP contribution in [0, 0.1) is 13.8 Å². The van der Waals surface area contributed by atoms with Gasteiger partial charge in [-0.1, -0.05) is 29.8 Å². The molecule has 0 aromatic heterocycles. The second kappa shape index (κ2) is 10.3. The molecule has 3 saturated heterocycles. The number of hydrogen-bond acceptors (Lipinski definition) is 6. The molecule has 2 aromatic carbocycles. The summed E-state index contributed by atoms with van der Waals surface area (Å²) in [6.07, 6.45) is 0.435. The van der Waals surface area contributed by atoms with Crippen molar-refractivity contribution in [1.82, 2.24) is 14.1 Å². The van der Waals surface area contributed by atoms with Gasteiger partial charge in [0.1, 0.15) is 23.5 Å². The van der Waals surface area contributed by atoms with Crippen LogP contribution in [0.2, 0.25) is 0 Å². The summed E-state index contributed by atoms with van der Waals surface area (Å²) in [6, 6.07) is 13.6. The Labute approximate surface area is 221 Å². The molecule has 37 heavy (non-hydrogen) atoms. The van der Waals surface area contributed by atoms with E-state index < -0.39 is 11.4 Å². The first-order chi connectivity index (χ1) is 17.7. The summed E-state index contributed by atoms with van der Waals surface area (Å²) < 4.78 is 27.2. The molecule has 3 unspecified atom stereocenters. The van der Waals surface area contributed by atoms with E-state index in [1.807, 2.05) is 60.6 Å². The van der Waals surface area contributed by atoms with Crippen LogP contribution in [0.4, 0.5) is 0 Å². The number of aryl methyl sites for hydroxylation is 2. The maximum atomic E-state index is 13.2. The molecule has 3 fully saturated rings. The van der Waals surface area contributed by atoms with E-state index in [0.717, 1.165) is 29.7 Å². The lowest BCUT2D eigenvalue weighted by Crippen LogP contribution is -2.78. The quantitative estimate of drug-likeness (QED) is 0.517. The standard InChI is InChI=1S/C28H35N3O5S/c1-19-8-9-20(2)24(12-19)27(33)29-14-25(35-4)26(15-29)36-23-7-5-6-22(13-23)16-37(34)31-11-10-28(31)17-30(18-28)21(3)32/h5-9,12-13,25-26H,10-11,14-18H2,1-4H3. The molecule has 9 heteroatoms. The maximum absolute atomic E-state index is 13.2. The van der Waals surface area contributed by atoms with E-state index in [1.54, 1.807) is 23.8 Å². The van der Waals surface area contributed by atoms with E-state index in [-0.39, 0.29) is 29.6 Å². The topological polar surface area (TPSA) is 85.4 Å². The minimum absolute atomic E-state index is 0.0127. The van der Waals surface area contributed by atoms with Crippen molar-refractivity contribution in [3.8, 4) is 5.75 Å². The highest BCUT2D eigenvalue weighted by Crippen LogP contribution is 2.42. The smallest absolute Gasteiger partial charge is 0.254 e. The Bertz CT molecular complexity index is 1180. The summed E-state index contributed by atoms with van der Waals surface area (Å²) in [4.78, 5) is 28.4. The van der Waals surface area contributed by atoms with Crippen molar-refractivity contribution >= 4 is 23.2 Å². The van der Waals surface area contributed by atoms with Crippen LogP contribution in [0.15, 0.2) is 42.5 Å². The molecule has 2 amide bonds. The lowest BCUT2D eigenvalue weighted by Gasteiger charge is -2.60. The normalized spacial score (nSPS) is 23.5. The predicted molar refractivity (Wildman–Crippen MR) is 142 cm³/mol. The van der Waals surface area contributed by atoms with Gasteiger partial charge in [0.25, 0.3) is 5.91 Å². The number of amides is 2. The predicted octanol–water partition coefficient (Wildman–Crippen LogP) is 2.69. The third kappa shape index (κ3) is 5.10.